The third kappa shape index (κ3) is 4.26. The molecule has 0 spiro atoms. The normalized spacial score (nSPS) is 10.6. The van der Waals surface area contributed by atoms with Crippen molar-refractivity contribution >= 4 is 22.9 Å². The van der Waals surface area contributed by atoms with Gasteiger partial charge < -0.3 is 10.1 Å². The summed E-state index contributed by atoms with van der Waals surface area (Å²) >= 11 is 1.27. The van der Waals surface area contributed by atoms with Crippen LogP contribution in [0.5, 0.6) is 5.75 Å². The number of hydrogen-bond acceptors (Lipinski definition) is 3. The van der Waals surface area contributed by atoms with E-state index in [1.165, 1.54) is 23.0 Å². The van der Waals surface area contributed by atoms with Crippen LogP contribution in [0.3, 0.4) is 0 Å². The van der Waals surface area contributed by atoms with Gasteiger partial charge in [0.15, 0.2) is 11.6 Å². The molecular weight excluding hydrogens is 356 g/mol. The average molecular weight is 373 g/mol. The first kappa shape index (κ1) is 18.1. The molecule has 0 aliphatic carbocycles. The monoisotopic (exact) mass is 373 g/mol. The van der Waals surface area contributed by atoms with Gasteiger partial charge in [-0.15, -0.1) is 11.3 Å². The highest BCUT2D eigenvalue weighted by molar-refractivity contribution is 7.12. The maximum atomic E-state index is 13.2. The van der Waals surface area contributed by atoms with Crippen molar-refractivity contribution in [1.82, 2.24) is 0 Å². The number of carbonyl (C=O) groups is 1. The second-order valence-electron chi connectivity index (χ2n) is 5.94. The van der Waals surface area contributed by atoms with Crippen LogP contribution in [0, 0.1) is 25.5 Å². The molecule has 0 saturated carbocycles. The number of hydrogen-bond donors (Lipinski definition) is 1. The van der Waals surface area contributed by atoms with E-state index in [1.54, 1.807) is 6.07 Å². The van der Waals surface area contributed by atoms with Crippen LogP contribution < -0.4 is 10.1 Å². The van der Waals surface area contributed by atoms with E-state index in [1.807, 2.05) is 37.4 Å². The minimum atomic E-state index is -1.00. The Morgan fingerprint density at radius 2 is 1.85 bits per heavy atom. The number of anilines is 1. The predicted octanol–water partition coefficient (Wildman–Crippen LogP) is 5.47. The zero-order valence-electron chi connectivity index (χ0n) is 14.3. The Balaban J connectivity index is 1.62. The standard InChI is InChI=1S/C20H17F2NO2S/c1-12-3-5-16(7-13(12)2)25-10-14-8-19(26-11-14)20(24)23-15-4-6-17(21)18(22)9-15/h3-9,11H,10H2,1-2H3,(H,23,24). The van der Waals surface area contributed by atoms with Crippen LogP contribution in [0.2, 0.25) is 0 Å². The van der Waals surface area contributed by atoms with E-state index >= 15 is 0 Å². The molecule has 1 aromatic heterocycles. The zero-order chi connectivity index (χ0) is 18.7. The molecule has 0 saturated heterocycles. The van der Waals surface area contributed by atoms with Crippen LogP contribution in [0.15, 0.2) is 47.8 Å². The van der Waals surface area contributed by atoms with Gasteiger partial charge in [0.25, 0.3) is 5.91 Å². The van der Waals surface area contributed by atoms with E-state index in [0.717, 1.165) is 29.0 Å². The molecule has 6 heteroatoms. The summed E-state index contributed by atoms with van der Waals surface area (Å²) < 4.78 is 31.9. The van der Waals surface area contributed by atoms with Crippen molar-refractivity contribution in [2.75, 3.05) is 5.32 Å². The number of halogens is 2. The van der Waals surface area contributed by atoms with Gasteiger partial charge in [-0.05, 0) is 60.7 Å². The number of rotatable bonds is 5. The molecule has 26 heavy (non-hydrogen) atoms. The van der Waals surface area contributed by atoms with Crippen LogP contribution in [-0.4, -0.2) is 5.91 Å². The summed E-state index contributed by atoms with van der Waals surface area (Å²) in [6, 6.07) is 10.8. The van der Waals surface area contributed by atoms with Crippen molar-refractivity contribution in [2.24, 2.45) is 0 Å². The first-order valence-corrected chi connectivity index (χ1v) is 8.84. The van der Waals surface area contributed by atoms with Crippen LogP contribution in [-0.2, 0) is 6.61 Å². The lowest BCUT2D eigenvalue weighted by Crippen LogP contribution is -2.10. The molecule has 134 valence electrons. The largest absolute Gasteiger partial charge is 0.489 e. The number of amides is 1. The molecule has 3 rings (SSSR count). The van der Waals surface area contributed by atoms with Crippen LogP contribution >= 0.6 is 11.3 Å². The van der Waals surface area contributed by atoms with Gasteiger partial charge in [0.1, 0.15) is 12.4 Å². The predicted molar refractivity (Wildman–Crippen MR) is 98.9 cm³/mol. The number of thiophene rings is 1. The zero-order valence-corrected chi connectivity index (χ0v) is 15.1. The molecule has 0 atom stereocenters. The Bertz CT molecular complexity index is 953. The van der Waals surface area contributed by atoms with E-state index in [2.05, 4.69) is 5.32 Å². The second kappa shape index (κ2) is 7.66. The highest BCUT2D eigenvalue weighted by atomic mass is 32.1. The maximum absolute atomic E-state index is 13.2. The van der Waals surface area contributed by atoms with Gasteiger partial charge in [-0.2, -0.15) is 0 Å². The molecule has 2 aromatic carbocycles. The highest BCUT2D eigenvalue weighted by Crippen LogP contribution is 2.21. The molecule has 3 nitrogen and oxygen atoms in total. The fourth-order valence-electron chi connectivity index (χ4n) is 2.31. The number of benzene rings is 2. The van der Waals surface area contributed by atoms with E-state index in [0.29, 0.717) is 11.5 Å². The van der Waals surface area contributed by atoms with Crippen LogP contribution in [0.4, 0.5) is 14.5 Å². The van der Waals surface area contributed by atoms with Crippen LogP contribution in [0.25, 0.3) is 0 Å². The topological polar surface area (TPSA) is 38.3 Å². The van der Waals surface area contributed by atoms with Gasteiger partial charge in [-0.25, -0.2) is 8.78 Å². The summed E-state index contributed by atoms with van der Waals surface area (Å²) in [5.41, 5.74) is 3.42. The quantitative estimate of drug-likeness (QED) is 0.644. The van der Waals surface area contributed by atoms with Crippen molar-refractivity contribution in [3.63, 3.8) is 0 Å². The first-order valence-electron chi connectivity index (χ1n) is 7.96. The fourth-order valence-corrected chi connectivity index (χ4v) is 3.10. The van der Waals surface area contributed by atoms with Gasteiger partial charge in [0, 0.05) is 17.3 Å². The number of aryl methyl sites for hydroxylation is 2. The molecule has 0 aliphatic rings. The molecule has 1 amide bonds. The smallest absolute Gasteiger partial charge is 0.265 e. The maximum Gasteiger partial charge on any atom is 0.265 e. The van der Waals surface area contributed by atoms with Crippen molar-refractivity contribution in [1.29, 1.82) is 0 Å². The summed E-state index contributed by atoms with van der Waals surface area (Å²) in [4.78, 5) is 12.7. The Labute approximate surface area is 154 Å². The summed E-state index contributed by atoms with van der Waals surface area (Å²) in [5, 5.41) is 4.39. The van der Waals surface area contributed by atoms with Gasteiger partial charge in [0.05, 0.1) is 4.88 Å². The van der Waals surface area contributed by atoms with Crippen molar-refractivity contribution in [3.8, 4) is 5.75 Å². The summed E-state index contributed by atoms with van der Waals surface area (Å²) in [5.74, 6) is -1.56. The Morgan fingerprint density at radius 3 is 2.58 bits per heavy atom. The first-order chi connectivity index (χ1) is 12.4. The van der Waals surface area contributed by atoms with Crippen molar-refractivity contribution < 1.29 is 18.3 Å². The number of nitrogens with one attached hydrogen (secondary N) is 1. The third-order valence-electron chi connectivity index (χ3n) is 3.94. The van der Waals surface area contributed by atoms with Gasteiger partial charge >= 0.3 is 0 Å². The molecular formula is C20H17F2NO2S. The van der Waals surface area contributed by atoms with Gasteiger partial charge in [0.2, 0.25) is 0 Å². The van der Waals surface area contributed by atoms with E-state index in [9.17, 15) is 13.6 Å². The Hall–Kier alpha value is -2.73. The third-order valence-corrected chi connectivity index (χ3v) is 4.92. The molecule has 3 aromatic rings. The molecule has 1 heterocycles. The molecule has 1 N–H and O–H groups in total. The minimum absolute atomic E-state index is 0.204. The Morgan fingerprint density at radius 1 is 1.04 bits per heavy atom. The number of ether oxygens (including phenoxy) is 1. The van der Waals surface area contributed by atoms with E-state index in [-0.39, 0.29) is 11.6 Å². The lowest BCUT2D eigenvalue weighted by atomic mass is 10.1. The highest BCUT2D eigenvalue weighted by Gasteiger charge is 2.11. The molecule has 0 radical (unpaired) electrons. The van der Waals surface area contributed by atoms with E-state index in [4.69, 9.17) is 4.74 Å². The lowest BCUT2D eigenvalue weighted by molar-refractivity contribution is 0.103. The van der Waals surface area contributed by atoms with Gasteiger partial charge in [-0.3, -0.25) is 4.79 Å². The minimum Gasteiger partial charge on any atom is -0.489 e. The van der Waals surface area contributed by atoms with Crippen molar-refractivity contribution in [2.45, 2.75) is 20.5 Å². The molecule has 0 bridgehead atoms. The molecule has 0 aliphatic heterocycles. The summed E-state index contributed by atoms with van der Waals surface area (Å²) in [7, 11) is 0. The SMILES string of the molecule is Cc1ccc(OCc2csc(C(=O)Nc3ccc(F)c(F)c3)c2)cc1C. The second-order valence-corrected chi connectivity index (χ2v) is 6.85. The van der Waals surface area contributed by atoms with Crippen molar-refractivity contribution in [3.05, 3.63) is 81.0 Å². The average Bonchev–Trinajstić information content (AvgIpc) is 3.08. The van der Waals surface area contributed by atoms with Crippen LogP contribution in [0.1, 0.15) is 26.4 Å². The number of carbonyl (C=O) groups excluding carboxylic acids is 1. The Kier molecular flexibility index (Phi) is 5.32. The van der Waals surface area contributed by atoms with Gasteiger partial charge in [-0.1, -0.05) is 6.07 Å². The lowest BCUT2D eigenvalue weighted by Gasteiger charge is -2.07. The summed E-state index contributed by atoms with van der Waals surface area (Å²) in [6.07, 6.45) is 0. The molecule has 0 fully saturated rings. The summed E-state index contributed by atoms with van der Waals surface area (Å²) in [6.45, 7) is 4.40. The fraction of sp³-hybridized carbons (Fsp3) is 0.150. The van der Waals surface area contributed by atoms with E-state index < -0.39 is 11.6 Å². The molecule has 0 unspecified atom stereocenters.